The van der Waals surface area contributed by atoms with Crippen molar-refractivity contribution in [3.05, 3.63) is 126 Å². The van der Waals surface area contributed by atoms with E-state index in [9.17, 15) is 10.0 Å². The van der Waals surface area contributed by atoms with Crippen molar-refractivity contribution < 1.29 is 4.79 Å². The van der Waals surface area contributed by atoms with Crippen LogP contribution in [0.5, 0.6) is 0 Å². The summed E-state index contributed by atoms with van der Waals surface area (Å²) in [6, 6.07) is 24.0. The highest BCUT2D eigenvalue weighted by Crippen LogP contribution is 2.53. The van der Waals surface area contributed by atoms with Gasteiger partial charge in [-0.2, -0.15) is 0 Å². The fourth-order valence-corrected chi connectivity index (χ4v) is 4.68. The SMILES string of the molecule is O=C1C(Cc2ccncc2)(Cc2ccncc2)c2ccccc2[N+]1([O-])c1ccccc1. The zero-order valence-electron chi connectivity index (χ0n) is 16.9. The molecular weight excluding hydrogens is 386 g/mol. The van der Waals surface area contributed by atoms with Crippen LogP contribution in [0.25, 0.3) is 0 Å². The van der Waals surface area contributed by atoms with Crippen molar-refractivity contribution in [2.75, 3.05) is 0 Å². The summed E-state index contributed by atoms with van der Waals surface area (Å²) < 4.78 is -1.09. The summed E-state index contributed by atoms with van der Waals surface area (Å²) >= 11 is 0. The normalized spacial score (nSPS) is 19.2. The quantitative estimate of drug-likeness (QED) is 0.349. The van der Waals surface area contributed by atoms with E-state index in [0.717, 1.165) is 16.7 Å². The lowest BCUT2D eigenvalue weighted by Gasteiger charge is -2.37. The summed E-state index contributed by atoms with van der Waals surface area (Å²) in [6.45, 7) is 0. The Labute approximate surface area is 180 Å². The Morgan fingerprint density at radius 3 is 1.81 bits per heavy atom. The van der Waals surface area contributed by atoms with Crippen molar-refractivity contribution in [1.82, 2.24) is 14.6 Å². The predicted molar refractivity (Wildman–Crippen MR) is 120 cm³/mol. The summed E-state index contributed by atoms with van der Waals surface area (Å²) in [4.78, 5) is 22.5. The van der Waals surface area contributed by atoms with Crippen LogP contribution in [0.2, 0.25) is 0 Å². The molecule has 1 aliphatic heterocycles. The standard InChI is InChI=1S/C26H21N3O2/c30-25-26(18-20-10-14-27-15-11-20,19-21-12-16-28-17-13-21)23-8-4-5-9-24(23)29(25,31)22-6-2-1-3-7-22/h1-17H,18-19H2. The molecule has 0 spiro atoms. The minimum absolute atomic E-state index is 0.367. The van der Waals surface area contributed by atoms with Crippen LogP contribution >= 0.6 is 0 Å². The smallest absolute Gasteiger partial charge is 0.335 e. The fourth-order valence-electron chi connectivity index (χ4n) is 4.68. The summed E-state index contributed by atoms with van der Waals surface area (Å²) in [7, 11) is 0. The molecule has 2 aromatic carbocycles. The molecule has 0 N–H and O–H groups in total. The topological polar surface area (TPSA) is 65.9 Å². The van der Waals surface area contributed by atoms with Gasteiger partial charge in [0.1, 0.15) is 16.8 Å². The van der Waals surface area contributed by atoms with Crippen LogP contribution in [0, 0.1) is 5.21 Å². The second kappa shape index (κ2) is 7.54. The molecule has 152 valence electrons. The van der Waals surface area contributed by atoms with Gasteiger partial charge >= 0.3 is 5.91 Å². The Kier molecular flexibility index (Phi) is 4.70. The minimum Gasteiger partial charge on any atom is -0.614 e. The number of para-hydroxylation sites is 2. The van der Waals surface area contributed by atoms with Crippen molar-refractivity contribution in [2.24, 2.45) is 0 Å². The van der Waals surface area contributed by atoms with E-state index in [0.29, 0.717) is 24.2 Å². The average Bonchev–Trinajstić information content (AvgIpc) is 3.01. The molecule has 2 aromatic heterocycles. The molecule has 5 rings (SSSR count). The average molecular weight is 407 g/mol. The molecule has 5 heteroatoms. The van der Waals surface area contributed by atoms with Crippen LogP contribution in [0.1, 0.15) is 16.7 Å². The van der Waals surface area contributed by atoms with Crippen LogP contribution < -0.4 is 4.65 Å². The van der Waals surface area contributed by atoms with Gasteiger partial charge < -0.3 is 5.21 Å². The zero-order valence-corrected chi connectivity index (χ0v) is 16.9. The lowest BCUT2D eigenvalue weighted by atomic mass is 9.72. The molecular formula is C26H21N3O2. The highest BCUT2D eigenvalue weighted by molar-refractivity contribution is 6.09. The first-order valence-corrected chi connectivity index (χ1v) is 10.2. The molecule has 1 amide bonds. The molecule has 1 aliphatic rings. The van der Waals surface area contributed by atoms with Gasteiger partial charge in [-0.05, 0) is 48.2 Å². The Morgan fingerprint density at radius 1 is 0.710 bits per heavy atom. The maximum absolute atomic E-state index is 14.4. The highest BCUT2D eigenvalue weighted by atomic mass is 16.6. The first kappa shape index (κ1) is 19.3. The molecule has 1 atom stereocenters. The van der Waals surface area contributed by atoms with Crippen molar-refractivity contribution in [3.63, 3.8) is 0 Å². The van der Waals surface area contributed by atoms with E-state index >= 15 is 0 Å². The van der Waals surface area contributed by atoms with E-state index in [2.05, 4.69) is 9.97 Å². The molecule has 0 saturated carbocycles. The summed E-state index contributed by atoms with van der Waals surface area (Å²) in [5.41, 5.74) is 2.62. The molecule has 0 bridgehead atoms. The number of amides is 1. The number of quaternary nitrogens is 1. The third-order valence-electron chi connectivity index (χ3n) is 6.08. The van der Waals surface area contributed by atoms with Crippen LogP contribution in [-0.4, -0.2) is 15.9 Å². The van der Waals surface area contributed by atoms with Gasteiger partial charge in [0.2, 0.25) is 0 Å². The van der Waals surface area contributed by atoms with Gasteiger partial charge in [0.25, 0.3) is 0 Å². The van der Waals surface area contributed by atoms with E-state index < -0.39 is 10.1 Å². The van der Waals surface area contributed by atoms with Crippen LogP contribution in [0.15, 0.2) is 104 Å². The van der Waals surface area contributed by atoms with E-state index in [-0.39, 0.29) is 5.91 Å². The number of rotatable bonds is 5. The number of nitrogens with zero attached hydrogens (tertiary/aromatic N) is 3. The van der Waals surface area contributed by atoms with E-state index in [4.69, 9.17) is 0 Å². The Hall–Kier alpha value is -3.67. The van der Waals surface area contributed by atoms with Crippen LogP contribution in [-0.2, 0) is 23.1 Å². The number of fused-ring (bicyclic) bond motifs is 1. The maximum Gasteiger partial charge on any atom is 0.335 e. The lowest BCUT2D eigenvalue weighted by molar-refractivity contribution is -0.130. The number of hydrogen-bond donors (Lipinski definition) is 0. The number of hydrogen-bond acceptors (Lipinski definition) is 4. The predicted octanol–water partition coefficient (Wildman–Crippen LogP) is 4.88. The number of benzene rings is 2. The molecule has 31 heavy (non-hydrogen) atoms. The van der Waals surface area contributed by atoms with Crippen molar-refractivity contribution in [3.8, 4) is 0 Å². The van der Waals surface area contributed by atoms with Gasteiger partial charge in [-0.25, -0.2) is 9.44 Å². The summed E-state index contributed by atoms with van der Waals surface area (Å²) in [5.74, 6) is -0.367. The summed E-state index contributed by atoms with van der Waals surface area (Å²) in [6.07, 6.45) is 7.72. The zero-order chi connectivity index (χ0) is 21.3. The van der Waals surface area contributed by atoms with Crippen molar-refractivity contribution in [2.45, 2.75) is 18.3 Å². The molecule has 1 unspecified atom stereocenters. The third-order valence-corrected chi connectivity index (χ3v) is 6.08. The van der Waals surface area contributed by atoms with E-state index in [1.807, 2.05) is 48.5 Å². The minimum atomic E-state index is -1.09. The van der Waals surface area contributed by atoms with E-state index in [1.165, 1.54) is 0 Å². The van der Waals surface area contributed by atoms with Gasteiger partial charge in [0, 0.05) is 48.5 Å². The molecule has 3 heterocycles. The van der Waals surface area contributed by atoms with Gasteiger partial charge in [0.05, 0.1) is 0 Å². The molecule has 4 aromatic rings. The monoisotopic (exact) mass is 407 g/mol. The number of hydroxylamine groups is 1. The molecule has 0 aliphatic carbocycles. The van der Waals surface area contributed by atoms with Gasteiger partial charge in [-0.15, -0.1) is 0 Å². The third kappa shape index (κ3) is 3.06. The maximum atomic E-state index is 14.4. The van der Waals surface area contributed by atoms with Gasteiger partial charge in [0.15, 0.2) is 0 Å². The number of aromatic nitrogens is 2. The van der Waals surface area contributed by atoms with Crippen molar-refractivity contribution >= 4 is 17.3 Å². The number of carbonyl (C=O) groups is 1. The Balaban J connectivity index is 1.74. The van der Waals surface area contributed by atoms with Crippen molar-refractivity contribution in [1.29, 1.82) is 0 Å². The number of carbonyl (C=O) groups excluding carboxylic acids is 1. The summed E-state index contributed by atoms with van der Waals surface area (Å²) in [5, 5.41) is 14.4. The second-order valence-electron chi connectivity index (χ2n) is 7.91. The second-order valence-corrected chi connectivity index (χ2v) is 7.91. The Morgan fingerprint density at radius 2 is 1.23 bits per heavy atom. The molecule has 5 nitrogen and oxygen atoms in total. The van der Waals surface area contributed by atoms with Crippen LogP contribution in [0.3, 0.4) is 0 Å². The molecule has 0 saturated heterocycles. The molecule has 0 fully saturated rings. The van der Waals surface area contributed by atoms with Gasteiger partial charge in [-0.1, -0.05) is 36.4 Å². The first-order chi connectivity index (χ1) is 15.1. The highest BCUT2D eigenvalue weighted by Gasteiger charge is 2.59. The molecule has 0 radical (unpaired) electrons. The van der Waals surface area contributed by atoms with Crippen LogP contribution in [0.4, 0.5) is 11.4 Å². The fraction of sp³-hybridized carbons (Fsp3) is 0.115. The van der Waals surface area contributed by atoms with E-state index in [1.54, 1.807) is 55.1 Å². The Bertz CT molecular complexity index is 1170. The number of pyridine rings is 2. The van der Waals surface area contributed by atoms with Gasteiger partial charge in [-0.3, -0.25) is 9.97 Å². The lowest BCUT2D eigenvalue weighted by Crippen LogP contribution is -2.50. The largest absolute Gasteiger partial charge is 0.614 e. The first-order valence-electron chi connectivity index (χ1n) is 10.2.